The van der Waals surface area contributed by atoms with Crippen molar-refractivity contribution in [2.24, 2.45) is 11.8 Å². The number of aromatic amines is 1. The Balaban J connectivity index is 1.74. The van der Waals surface area contributed by atoms with Gasteiger partial charge in [0.05, 0.1) is 5.92 Å². The summed E-state index contributed by atoms with van der Waals surface area (Å²) in [5.41, 5.74) is 1.10. The van der Waals surface area contributed by atoms with Gasteiger partial charge in [0.25, 0.3) is 0 Å². The molecule has 2 atom stereocenters. The van der Waals surface area contributed by atoms with Crippen LogP contribution in [0, 0.1) is 11.8 Å². The number of benzene rings is 1. The first kappa shape index (κ1) is 17.6. The SMILES string of the molecule is O=C(O)[C@H](CCC1CCCCC1)[C@@H](Cc1ccccc1)c1nn[nH]n1. The molecule has 0 bridgehead atoms. The minimum atomic E-state index is -0.762. The number of nitrogens with zero attached hydrogens (tertiary/aromatic N) is 3. The fourth-order valence-electron chi connectivity index (χ4n) is 4.00. The van der Waals surface area contributed by atoms with Crippen molar-refractivity contribution in [1.29, 1.82) is 0 Å². The highest BCUT2D eigenvalue weighted by atomic mass is 16.4. The molecular formula is C19H26N4O2. The smallest absolute Gasteiger partial charge is 0.307 e. The lowest BCUT2D eigenvalue weighted by Crippen LogP contribution is -2.26. The van der Waals surface area contributed by atoms with Gasteiger partial charge < -0.3 is 5.11 Å². The molecule has 0 amide bonds. The van der Waals surface area contributed by atoms with E-state index in [0.29, 0.717) is 24.6 Å². The van der Waals surface area contributed by atoms with Crippen LogP contribution in [0.5, 0.6) is 0 Å². The summed E-state index contributed by atoms with van der Waals surface area (Å²) in [5.74, 6) is -0.346. The lowest BCUT2D eigenvalue weighted by atomic mass is 9.79. The summed E-state index contributed by atoms with van der Waals surface area (Å²) in [6, 6.07) is 9.95. The Morgan fingerprint density at radius 2 is 1.96 bits per heavy atom. The van der Waals surface area contributed by atoms with Crippen molar-refractivity contribution >= 4 is 5.97 Å². The van der Waals surface area contributed by atoms with Crippen LogP contribution in [0.3, 0.4) is 0 Å². The Hall–Kier alpha value is -2.24. The number of carboxylic acids is 1. The van der Waals surface area contributed by atoms with Crippen molar-refractivity contribution in [1.82, 2.24) is 20.6 Å². The van der Waals surface area contributed by atoms with Crippen LogP contribution in [0.1, 0.15) is 62.3 Å². The number of nitrogens with one attached hydrogen (secondary N) is 1. The summed E-state index contributed by atoms with van der Waals surface area (Å²) in [6.07, 6.45) is 8.60. The van der Waals surface area contributed by atoms with E-state index in [9.17, 15) is 9.90 Å². The second kappa shape index (κ2) is 8.74. The van der Waals surface area contributed by atoms with E-state index in [1.165, 1.54) is 32.1 Å². The number of hydrogen-bond acceptors (Lipinski definition) is 4. The predicted octanol–water partition coefficient (Wildman–Crippen LogP) is 3.59. The molecule has 0 unspecified atom stereocenters. The van der Waals surface area contributed by atoms with Gasteiger partial charge in [-0.1, -0.05) is 67.6 Å². The fourth-order valence-corrected chi connectivity index (χ4v) is 4.00. The summed E-state index contributed by atoms with van der Waals surface area (Å²) in [4.78, 5) is 12.0. The van der Waals surface area contributed by atoms with Gasteiger partial charge in [-0.25, -0.2) is 0 Å². The first-order valence-corrected chi connectivity index (χ1v) is 9.24. The van der Waals surface area contributed by atoms with E-state index in [0.717, 1.165) is 12.0 Å². The van der Waals surface area contributed by atoms with Gasteiger partial charge >= 0.3 is 5.97 Å². The van der Waals surface area contributed by atoms with Crippen molar-refractivity contribution in [3.8, 4) is 0 Å². The van der Waals surface area contributed by atoms with Crippen molar-refractivity contribution in [3.05, 3.63) is 41.7 Å². The molecule has 2 aromatic rings. The normalized spacial score (nSPS) is 17.9. The predicted molar refractivity (Wildman–Crippen MR) is 94.0 cm³/mol. The first-order chi connectivity index (χ1) is 12.2. The number of rotatable bonds is 8. The quantitative estimate of drug-likeness (QED) is 0.765. The van der Waals surface area contributed by atoms with Crippen LogP contribution in [0.15, 0.2) is 30.3 Å². The van der Waals surface area contributed by atoms with E-state index in [4.69, 9.17) is 0 Å². The number of aliphatic carboxylic acids is 1. The molecule has 0 spiro atoms. The van der Waals surface area contributed by atoms with Crippen molar-refractivity contribution in [2.75, 3.05) is 0 Å². The number of carboxylic acid groups (broad SMARTS) is 1. The van der Waals surface area contributed by atoms with E-state index in [1.54, 1.807) is 0 Å². The molecule has 6 nitrogen and oxygen atoms in total. The zero-order valence-electron chi connectivity index (χ0n) is 14.5. The summed E-state index contributed by atoms with van der Waals surface area (Å²) in [6.45, 7) is 0. The average molecular weight is 342 g/mol. The van der Waals surface area contributed by atoms with Crippen molar-refractivity contribution in [2.45, 2.75) is 57.3 Å². The Morgan fingerprint density at radius 3 is 2.60 bits per heavy atom. The molecule has 1 aromatic heterocycles. The third-order valence-electron chi connectivity index (χ3n) is 5.41. The van der Waals surface area contributed by atoms with E-state index >= 15 is 0 Å². The maximum atomic E-state index is 12.0. The van der Waals surface area contributed by atoms with Gasteiger partial charge in [0.2, 0.25) is 0 Å². The molecule has 134 valence electrons. The maximum absolute atomic E-state index is 12.0. The third-order valence-corrected chi connectivity index (χ3v) is 5.41. The zero-order valence-corrected chi connectivity index (χ0v) is 14.5. The molecule has 2 N–H and O–H groups in total. The van der Waals surface area contributed by atoms with Crippen molar-refractivity contribution < 1.29 is 9.90 Å². The van der Waals surface area contributed by atoms with Crippen LogP contribution in [0.2, 0.25) is 0 Å². The number of H-pyrrole nitrogens is 1. The number of aromatic nitrogens is 4. The highest BCUT2D eigenvalue weighted by Gasteiger charge is 2.33. The van der Waals surface area contributed by atoms with Gasteiger partial charge in [0, 0.05) is 5.92 Å². The molecule has 3 rings (SSSR count). The fraction of sp³-hybridized carbons (Fsp3) is 0.579. The standard InChI is InChI=1S/C19H26N4O2/c24-19(25)16(12-11-14-7-3-1-4-8-14)17(18-20-22-23-21-18)13-15-9-5-2-6-10-15/h2,5-6,9-10,14,16-17H,1,3-4,7-8,11-13H2,(H,24,25)(H,20,21,22,23)/t16-,17-/m1/s1. The Bertz CT molecular complexity index is 639. The highest BCUT2D eigenvalue weighted by Crippen LogP contribution is 2.34. The van der Waals surface area contributed by atoms with E-state index < -0.39 is 11.9 Å². The maximum Gasteiger partial charge on any atom is 0.307 e. The molecule has 1 aromatic carbocycles. The lowest BCUT2D eigenvalue weighted by molar-refractivity contribution is -0.143. The van der Waals surface area contributed by atoms with Gasteiger partial charge in [-0.3, -0.25) is 4.79 Å². The summed E-state index contributed by atoms with van der Waals surface area (Å²) in [7, 11) is 0. The van der Waals surface area contributed by atoms with Gasteiger partial charge in [-0.2, -0.15) is 5.21 Å². The second-order valence-electron chi connectivity index (χ2n) is 7.09. The number of tetrazole rings is 1. The Labute approximate surface area is 148 Å². The minimum Gasteiger partial charge on any atom is -0.481 e. The van der Waals surface area contributed by atoms with E-state index in [1.807, 2.05) is 30.3 Å². The van der Waals surface area contributed by atoms with Crippen LogP contribution in [0.25, 0.3) is 0 Å². The lowest BCUT2D eigenvalue weighted by Gasteiger charge is -2.26. The monoisotopic (exact) mass is 342 g/mol. The molecule has 0 saturated heterocycles. The zero-order chi connectivity index (χ0) is 17.5. The Morgan fingerprint density at radius 1 is 1.20 bits per heavy atom. The molecular weight excluding hydrogens is 316 g/mol. The van der Waals surface area contributed by atoms with Crippen LogP contribution in [-0.4, -0.2) is 31.7 Å². The van der Waals surface area contributed by atoms with Crippen LogP contribution >= 0.6 is 0 Å². The third kappa shape index (κ3) is 4.87. The van der Waals surface area contributed by atoms with Gasteiger partial charge in [0.1, 0.15) is 0 Å². The van der Waals surface area contributed by atoms with Crippen molar-refractivity contribution in [3.63, 3.8) is 0 Å². The summed E-state index contributed by atoms with van der Waals surface area (Å²) in [5, 5.41) is 24.2. The molecule has 25 heavy (non-hydrogen) atoms. The topological polar surface area (TPSA) is 91.8 Å². The van der Waals surface area contributed by atoms with Gasteiger partial charge in [-0.15, -0.1) is 10.2 Å². The van der Waals surface area contributed by atoms with E-state index in [-0.39, 0.29) is 5.92 Å². The van der Waals surface area contributed by atoms with Crippen LogP contribution in [0.4, 0.5) is 0 Å². The molecule has 0 aliphatic heterocycles. The minimum absolute atomic E-state index is 0.262. The number of hydrogen-bond donors (Lipinski definition) is 2. The molecule has 6 heteroatoms. The van der Waals surface area contributed by atoms with Crippen LogP contribution < -0.4 is 0 Å². The highest BCUT2D eigenvalue weighted by molar-refractivity contribution is 5.71. The average Bonchev–Trinajstić information content (AvgIpc) is 3.17. The van der Waals surface area contributed by atoms with Gasteiger partial charge in [0.15, 0.2) is 5.82 Å². The summed E-state index contributed by atoms with van der Waals surface area (Å²) >= 11 is 0. The molecule has 1 heterocycles. The second-order valence-corrected chi connectivity index (χ2v) is 7.09. The molecule has 1 aliphatic rings. The Kier molecular flexibility index (Phi) is 6.14. The van der Waals surface area contributed by atoms with E-state index in [2.05, 4.69) is 20.6 Å². The van der Waals surface area contributed by atoms with Gasteiger partial charge in [-0.05, 0) is 30.7 Å². The summed E-state index contributed by atoms with van der Waals surface area (Å²) < 4.78 is 0. The number of carbonyl (C=O) groups is 1. The van der Waals surface area contributed by atoms with Crippen LogP contribution in [-0.2, 0) is 11.2 Å². The largest absolute Gasteiger partial charge is 0.481 e. The molecule has 0 radical (unpaired) electrons. The molecule has 1 saturated carbocycles. The molecule has 1 fully saturated rings. The first-order valence-electron chi connectivity index (χ1n) is 9.24. The molecule has 1 aliphatic carbocycles.